The van der Waals surface area contributed by atoms with Crippen molar-refractivity contribution < 1.29 is 13.7 Å². The summed E-state index contributed by atoms with van der Waals surface area (Å²) in [7, 11) is 0. The molecule has 0 aliphatic carbocycles. The third kappa shape index (κ3) is 3.30. The fourth-order valence-electron chi connectivity index (χ4n) is 1.78. The van der Waals surface area contributed by atoms with Crippen LogP contribution in [0.5, 0.6) is 0 Å². The lowest BCUT2D eigenvalue weighted by Gasteiger charge is -2.08. The molecule has 0 saturated heterocycles. The van der Waals surface area contributed by atoms with Crippen LogP contribution in [0.3, 0.4) is 0 Å². The van der Waals surface area contributed by atoms with Gasteiger partial charge in [0.15, 0.2) is 0 Å². The zero-order chi connectivity index (χ0) is 15.4. The molecule has 0 amide bonds. The van der Waals surface area contributed by atoms with Gasteiger partial charge in [0.1, 0.15) is 17.3 Å². The van der Waals surface area contributed by atoms with E-state index >= 15 is 0 Å². The molecule has 1 N–H and O–H groups in total. The van der Waals surface area contributed by atoms with Gasteiger partial charge in [-0.1, -0.05) is 0 Å². The molecule has 0 atom stereocenters. The summed E-state index contributed by atoms with van der Waals surface area (Å²) in [6.07, 6.45) is 0. The van der Waals surface area contributed by atoms with Gasteiger partial charge in [-0.15, -0.1) is 0 Å². The molecule has 5 nitrogen and oxygen atoms in total. The highest BCUT2D eigenvalue weighted by molar-refractivity contribution is 5.64. The number of nitrogens with zero attached hydrogens (tertiary/aromatic N) is 2. The normalized spacial score (nSPS) is 9.95. The molecule has 0 aromatic heterocycles. The number of nitro groups is 1. The molecular formula is C14H9F2N3O2. The van der Waals surface area contributed by atoms with Crippen LogP contribution in [0.25, 0.3) is 0 Å². The monoisotopic (exact) mass is 289 g/mol. The van der Waals surface area contributed by atoms with E-state index < -0.39 is 16.6 Å². The first kappa shape index (κ1) is 14.4. The van der Waals surface area contributed by atoms with E-state index in [0.29, 0.717) is 0 Å². The van der Waals surface area contributed by atoms with Crippen molar-refractivity contribution in [1.29, 1.82) is 5.26 Å². The van der Waals surface area contributed by atoms with Gasteiger partial charge in [0, 0.05) is 18.2 Å². The number of hydrogen-bond acceptors (Lipinski definition) is 4. The summed E-state index contributed by atoms with van der Waals surface area (Å²) in [4.78, 5) is 10.3. The average Bonchev–Trinajstić information content (AvgIpc) is 2.47. The predicted molar refractivity (Wildman–Crippen MR) is 71.5 cm³/mol. The number of halogens is 2. The topological polar surface area (TPSA) is 79.0 Å². The molecule has 0 aliphatic heterocycles. The van der Waals surface area contributed by atoms with Gasteiger partial charge in [0.2, 0.25) is 0 Å². The number of hydrogen-bond donors (Lipinski definition) is 1. The van der Waals surface area contributed by atoms with E-state index in [2.05, 4.69) is 5.32 Å². The number of nitrogens with one attached hydrogen (secondary N) is 1. The average molecular weight is 289 g/mol. The second-order valence-electron chi connectivity index (χ2n) is 4.19. The maximum Gasteiger partial charge on any atom is 0.292 e. The highest BCUT2D eigenvalue weighted by Gasteiger charge is 2.14. The van der Waals surface area contributed by atoms with Crippen molar-refractivity contribution in [3.05, 3.63) is 69.3 Å². The first-order valence-corrected chi connectivity index (χ1v) is 5.87. The van der Waals surface area contributed by atoms with Gasteiger partial charge in [0.25, 0.3) is 5.69 Å². The lowest BCUT2D eigenvalue weighted by atomic mass is 10.1. The van der Waals surface area contributed by atoms with Crippen LogP contribution in [0.1, 0.15) is 11.1 Å². The van der Waals surface area contributed by atoms with Crippen LogP contribution in [0, 0.1) is 33.1 Å². The molecule has 0 spiro atoms. The standard InChI is InChI=1S/C14H9F2N3O2/c15-11-2-3-12(16)10(6-11)8-18-13-5-9(7-17)1-4-14(13)19(20)21/h1-6,18H,8H2. The third-order valence-corrected chi connectivity index (χ3v) is 2.80. The molecule has 0 saturated carbocycles. The van der Waals surface area contributed by atoms with E-state index in [0.717, 1.165) is 18.2 Å². The highest BCUT2D eigenvalue weighted by atomic mass is 19.1. The van der Waals surface area contributed by atoms with Gasteiger partial charge in [0.05, 0.1) is 16.6 Å². The second-order valence-corrected chi connectivity index (χ2v) is 4.19. The minimum Gasteiger partial charge on any atom is -0.375 e. The van der Waals surface area contributed by atoms with Crippen molar-refractivity contribution in [2.45, 2.75) is 6.54 Å². The summed E-state index contributed by atoms with van der Waals surface area (Å²) in [5, 5.41) is 22.4. The molecule has 0 bridgehead atoms. The Morgan fingerprint density at radius 3 is 2.67 bits per heavy atom. The smallest absolute Gasteiger partial charge is 0.292 e. The number of rotatable bonds is 4. The maximum absolute atomic E-state index is 13.5. The fraction of sp³-hybridized carbons (Fsp3) is 0.0714. The Kier molecular flexibility index (Phi) is 4.09. The minimum atomic E-state index is -0.622. The van der Waals surface area contributed by atoms with Crippen molar-refractivity contribution in [3.8, 4) is 6.07 Å². The summed E-state index contributed by atoms with van der Waals surface area (Å²) < 4.78 is 26.5. The quantitative estimate of drug-likeness (QED) is 0.691. The van der Waals surface area contributed by atoms with Crippen molar-refractivity contribution in [3.63, 3.8) is 0 Å². The minimum absolute atomic E-state index is 0.0339. The first-order chi connectivity index (χ1) is 10.0. The Hall–Kier alpha value is -3.01. The van der Waals surface area contributed by atoms with Gasteiger partial charge in [-0.25, -0.2) is 8.78 Å². The molecule has 2 aromatic carbocycles. The van der Waals surface area contributed by atoms with Gasteiger partial charge in [-0.05, 0) is 30.3 Å². The van der Waals surface area contributed by atoms with Crippen molar-refractivity contribution in [1.82, 2.24) is 0 Å². The fourth-order valence-corrected chi connectivity index (χ4v) is 1.78. The molecule has 0 fully saturated rings. The molecule has 0 aliphatic rings. The Labute approximate surface area is 118 Å². The van der Waals surface area contributed by atoms with Gasteiger partial charge in [-0.2, -0.15) is 5.26 Å². The Morgan fingerprint density at radius 2 is 2.00 bits per heavy atom. The zero-order valence-electron chi connectivity index (χ0n) is 10.6. The molecule has 21 heavy (non-hydrogen) atoms. The Bertz CT molecular complexity index is 741. The van der Waals surface area contributed by atoms with E-state index in [4.69, 9.17) is 5.26 Å². The van der Waals surface area contributed by atoms with Gasteiger partial charge in [-0.3, -0.25) is 10.1 Å². The maximum atomic E-state index is 13.5. The number of anilines is 1. The van der Waals surface area contributed by atoms with E-state index in [1.807, 2.05) is 6.07 Å². The highest BCUT2D eigenvalue weighted by Crippen LogP contribution is 2.26. The van der Waals surface area contributed by atoms with Gasteiger partial charge < -0.3 is 5.32 Å². The predicted octanol–water partition coefficient (Wildman–Crippen LogP) is 3.36. The van der Waals surface area contributed by atoms with Gasteiger partial charge >= 0.3 is 0 Å². The Morgan fingerprint density at radius 1 is 1.24 bits per heavy atom. The van der Waals surface area contributed by atoms with Crippen LogP contribution in [-0.4, -0.2) is 4.92 Å². The summed E-state index contributed by atoms with van der Waals surface area (Å²) in [6.45, 7) is -0.140. The molecule has 2 rings (SSSR count). The summed E-state index contributed by atoms with van der Waals surface area (Å²) >= 11 is 0. The summed E-state index contributed by atoms with van der Waals surface area (Å²) in [5.74, 6) is -1.23. The molecule has 106 valence electrons. The van der Waals surface area contributed by atoms with E-state index in [1.54, 1.807) is 0 Å². The molecule has 7 heteroatoms. The van der Waals surface area contributed by atoms with Crippen molar-refractivity contribution >= 4 is 11.4 Å². The molecular weight excluding hydrogens is 280 g/mol. The number of nitro benzene ring substituents is 1. The SMILES string of the molecule is N#Cc1ccc([N+](=O)[O-])c(NCc2cc(F)ccc2F)c1. The van der Waals surface area contributed by atoms with Crippen LogP contribution in [0.2, 0.25) is 0 Å². The third-order valence-electron chi connectivity index (χ3n) is 2.80. The van der Waals surface area contributed by atoms with Crippen molar-refractivity contribution in [2.24, 2.45) is 0 Å². The lowest BCUT2D eigenvalue weighted by Crippen LogP contribution is -2.05. The van der Waals surface area contributed by atoms with Crippen molar-refractivity contribution in [2.75, 3.05) is 5.32 Å². The molecule has 0 unspecified atom stereocenters. The number of nitriles is 1. The Balaban J connectivity index is 2.28. The van der Waals surface area contributed by atoms with E-state index in [9.17, 15) is 18.9 Å². The summed E-state index contributed by atoms with van der Waals surface area (Å²) in [5.41, 5.74) is 0.0861. The lowest BCUT2D eigenvalue weighted by molar-refractivity contribution is -0.384. The van der Waals surface area contributed by atoms with Crippen LogP contribution in [0.4, 0.5) is 20.2 Å². The van der Waals surface area contributed by atoms with E-state index in [1.165, 1.54) is 18.2 Å². The largest absolute Gasteiger partial charge is 0.375 e. The number of benzene rings is 2. The zero-order valence-corrected chi connectivity index (χ0v) is 10.6. The van der Waals surface area contributed by atoms with E-state index in [-0.39, 0.29) is 29.0 Å². The van der Waals surface area contributed by atoms with Crippen LogP contribution in [0.15, 0.2) is 36.4 Å². The van der Waals surface area contributed by atoms with Crippen LogP contribution < -0.4 is 5.32 Å². The summed E-state index contributed by atoms with van der Waals surface area (Å²) in [6, 6.07) is 8.60. The van der Waals surface area contributed by atoms with Crippen LogP contribution in [-0.2, 0) is 6.54 Å². The second kappa shape index (κ2) is 5.96. The first-order valence-electron chi connectivity index (χ1n) is 5.87. The molecule has 2 aromatic rings. The molecule has 0 radical (unpaired) electrons. The molecule has 0 heterocycles. The van der Waals surface area contributed by atoms with Crippen LogP contribution >= 0.6 is 0 Å².